The summed E-state index contributed by atoms with van der Waals surface area (Å²) in [7, 11) is 1.91. The predicted molar refractivity (Wildman–Crippen MR) is 58.2 cm³/mol. The van der Waals surface area contributed by atoms with E-state index in [1.807, 2.05) is 25.6 Å². The molecular weight excluding hydrogens is 190 g/mol. The molecule has 0 amide bonds. The highest BCUT2D eigenvalue weighted by molar-refractivity contribution is 5.60. The van der Waals surface area contributed by atoms with Gasteiger partial charge in [-0.2, -0.15) is 10.2 Å². The Bertz CT molecular complexity index is 428. The summed E-state index contributed by atoms with van der Waals surface area (Å²) in [5, 5.41) is 14.5. The van der Waals surface area contributed by atoms with Crippen molar-refractivity contribution in [2.45, 2.75) is 13.5 Å². The minimum Gasteiger partial charge on any atom is -0.313 e. The van der Waals surface area contributed by atoms with Gasteiger partial charge < -0.3 is 5.32 Å². The normalized spacial score (nSPS) is 10.8. The van der Waals surface area contributed by atoms with E-state index in [0.717, 1.165) is 24.3 Å². The Morgan fingerprint density at radius 3 is 3.00 bits per heavy atom. The quantitative estimate of drug-likeness (QED) is 0.780. The van der Waals surface area contributed by atoms with E-state index in [1.54, 1.807) is 4.68 Å². The van der Waals surface area contributed by atoms with Crippen LogP contribution in [0.4, 0.5) is 0 Å². The van der Waals surface area contributed by atoms with Crippen molar-refractivity contribution in [1.29, 1.82) is 0 Å². The second-order valence-electron chi connectivity index (χ2n) is 3.45. The minimum atomic E-state index is 0.831. The van der Waals surface area contributed by atoms with E-state index < -0.39 is 0 Å². The van der Waals surface area contributed by atoms with Gasteiger partial charge in [0.05, 0.1) is 18.1 Å². The first-order valence-electron chi connectivity index (χ1n) is 5.03. The highest BCUT2D eigenvalue weighted by Gasteiger charge is 2.08. The van der Waals surface area contributed by atoms with E-state index >= 15 is 0 Å². The van der Waals surface area contributed by atoms with E-state index in [2.05, 4.69) is 27.5 Å². The van der Waals surface area contributed by atoms with Crippen molar-refractivity contribution in [3.8, 4) is 11.3 Å². The number of aromatic amines is 1. The van der Waals surface area contributed by atoms with Gasteiger partial charge in [-0.1, -0.05) is 6.92 Å². The van der Waals surface area contributed by atoms with Crippen LogP contribution in [0.25, 0.3) is 11.3 Å². The Hall–Kier alpha value is -1.62. The predicted octanol–water partition coefficient (Wildman–Crippen LogP) is 0.920. The maximum absolute atomic E-state index is 4.14. The fraction of sp³-hybridized carbons (Fsp3) is 0.400. The maximum atomic E-state index is 4.14. The molecule has 2 aromatic rings. The Morgan fingerprint density at radius 2 is 2.33 bits per heavy atom. The summed E-state index contributed by atoms with van der Waals surface area (Å²) in [6.07, 6.45) is 5.66. The van der Waals surface area contributed by atoms with Gasteiger partial charge in [0.1, 0.15) is 0 Å². The van der Waals surface area contributed by atoms with Crippen molar-refractivity contribution >= 4 is 0 Å². The summed E-state index contributed by atoms with van der Waals surface area (Å²) < 4.78 is 1.78. The summed E-state index contributed by atoms with van der Waals surface area (Å²) in [4.78, 5) is 0. The average molecular weight is 205 g/mol. The first kappa shape index (κ1) is 9.92. The number of nitrogens with one attached hydrogen (secondary N) is 2. The lowest BCUT2D eigenvalue weighted by molar-refractivity contribution is 0.728. The molecule has 5 nitrogen and oxygen atoms in total. The smallest absolute Gasteiger partial charge is 0.0726 e. The van der Waals surface area contributed by atoms with Gasteiger partial charge >= 0.3 is 0 Å². The molecule has 0 saturated heterocycles. The van der Waals surface area contributed by atoms with E-state index in [0.29, 0.717) is 0 Å². The molecule has 5 heteroatoms. The zero-order valence-electron chi connectivity index (χ0n) is 8.99. The molecule has 0 radical (unpaired) electrons. The summed E-state index contributed by atoms with van der Waals surface area (Å²) >= 11 is 0. The fourth-order valence-electron chi connectivity index (χ4n) is 1.51. The molecule has 0 atom stereocenters. The molecule has 0 aliphatic carbocycles. The second-order valence-corrected chi connectivity index (χ2v) is 3.45. The number of H-pyrrole nitrogens is 1. The highest BCUT2D eigenvalue weighted by atomic mass is 15.2. The molecule has 0 saturated carbocycles. The van der Waals surface area contributed by atoms with Crippen LogP contribution in [0.2, 0.25) is 0 Å². The number of nitrogens with zero attached hydrogens (tertiary/aromatic N) is 3. The molecule has 0 fully saturated rings. The van der Waals surface area contributed by atoms with Crippen LogP contribution in [0.15, 0.2) is 18.6 Å². The molecule has 2 N–H and O–H groups in total. The van der Waals surface area contributed by atoms with Gasteiger partial charge in [-0.15, -0.1) is 0 Å². The molecule has 0 aliphatic heterocycles. The molecule has 15 heavy (non-hydrogen) atoms. The number of hydrogen-bond donors (Lipinski definition) is 2. The van der Waals surface area contributed by atoms with Gasteiger partial charge in [0, 0.05) is 30.9 Å². The average Bonchev–Trinajstić information content (AvgIpc) is 2.82. The van der Waals surface area contributed by atoms with Crippen molar-refractivity contribution in [2.24, 2.45) is 7.05 Å². The largest absolute Gasteiger partial charge is 0.313 e. The monoisotopic (exact) mass is 205 g/mol. The fourth-order valence-corrected chi connectivity index (χ4v) is 1.51. The van der Waals surface area contributed by atoms with Gasteiger partial charge in [0.2, 0.25) is 0 Å². The summed E-state index contributed by atoms with van der Waals surface area (Å²) in [6, 6.07) is 0. The standard InChI is InChI=1S/C10H15N5/c1-3-11-4-8-5-12-14-10(8)9-6-13-15(2)7-9/h5-7,11H,3-4H2,1-2H3,(H,12,14). The first-order chi connectivity index (χ1) is 7.31. The topological polar surface area (TPSA) is 58.5 Å². The van der Waals surface area contributed by atoms with Crippen LogP contribution in [0.5, 0.6) is 0 Å². The zero-order valence-corrected chi connectivity index (χ0v) is 8.99. The summed E-state index contributed by atoms with van der Waals surface area (Å²) in [6.45, 7) is 3.87. The van der Waals surface area contributed by atoms with Gasteiger partial charge in [-0.3, -0.25) is 9.78 Å². The minimum absolute atomic E-state index is 0.831. The lowest BCUT2D eigenvalue weighted by Gasteiger charge is -2.00. The molecule has 80 valence electrons. The molecular formula is C10H15N5. The Morgan fingerprint density at radius 1 is 1.47 bits per heavy atom. The number of aromatic nitrogens is 4. The van der Waals surface area contributed by atoms with E-state index in [1.165, 1.54) is 5.56 Å². The van der Waals surface area contributed by atoms with Crippen LogP contribution in [0.3, 0.4) is 0 Å². The Kier molecular flexibility index (Phi) is 2.82. The van der Waals surface area contributed by atoms with Crippen molar-refractivity contribution in [3.63, 3.8) is 0 Å². The molecule has 0 aliphatic rings. The van der Waals surface area contributed by atoms with Crippen LogP contribution >= 0.6 is 0 Å². The molecule has 2 heterocycles. The third-order valence-corrected chi connectivity index (χ3v) is 2.28. The van der Waals surface area contributed by atoms with E-state index in [4.69, 9.17) is 0 Å². The zero-order chi connectivity index (χ0) is 10.7. The maximum Gasteiger partial charge on any atom is 0.0726 e. The third kappa shape index (κ3) is 2.07. The van der Waals surface area contributed by atoms with Crippen LogP contribution in [0.1, 0.15) is 12.5 Å². The van der Waals surface area contributed by atoms with E-state index in [-0.39, 0.29) is 0 Å². The first-order valence-corrected chi connectivity index (χ1v) is 5.03. The SMILES string of the molecule is CCNCc1cn[nH]c1-c1cnn(C)c1. The van der Waals surface area contributed by atoms with Gasteiger partial charge in [0.25, 0.3) is 0 Å². The van der Waals surface area contributed by atoms with Crippen LogP contribution < -0.4 is 5.32 Å². The lowest BCUT2D eigenvalue weighted by Crippen LogP contribution is -2.11. The number of hydrogen-bond acceptors (Lipinski definition) is 3. The molecule has 0 aromatic carbocycles. The van der Waals surface area contributed by atoms with Gasteiger partial charge in [0.15, 0.2) is 0 Å². The van der Waals surface area contributed by atoms with Crippen molar-refractivity contribution in [1.82, 2.24) is 25.3 Å². The van der Waals surface area contributed by atoms with Crippen molar-refractivity contribution < 1.29 is 0 Å². The molecule has 0 unspecified atom stereocenters. The number of aryl methyl sites for hydroxylation is 1. The van der Waals surface area contributed by atoms with Crippen molar-refractivity contribution in [2.75, 3.05) is 6.54 Å². The van der Waals surface area contributed by atoms with E-state index in [9.17, 15) is 0 Å². The Labute approximate surface area is 88.5 Å². The summed E-state index contributed by atoms with van der Waals surface area (Å²) in [5.74, 6) is 0. The van der Waals surface area contributed by atoms with Crippen molar-refractivity contribution in [3.05, 3.63) is 24.2 Å². The molecule has 0 bridgehead atoms. The number of rotatable bonds is 4. The molecule has 2 rings (SSSR count). The highest BCUT2D eigenvalue weighted by Crippen LogP contribution is 2.19. The van der Waals surface area contributed by atoms with Gasteiger partial charge in [-0.25, -0.2) is 0 Å². The molecule has 2 aromatic heterocycles. The van der Waals surface area contributed by atoms with Gasteiger partial charge in [-0.05, 0) is 6.54 Å². The lowest BCUT2D eigenvalue weighted by atomic mass is 10.1. The van der Waals surface area contributed by atoms with Crippen LogP contribution in [0, 0.1) is 0 Å². The summed E-state index contributed by atoms with van der Waals surface area (Å²) in [5.41, 5.74) is 3.29. The molecule has 0 spiro atoms. The third-order valence-electron chi connectivity index (χ3n) is 2.28. The second kappa shape index (κ2) is 4.27. The van der Waals surface area contributed by atoms with Crippen LogP contribution in [-0.2, 0) is 13.6 Å². The van der Waals surface area contributed by atoms with Crippen LogP contribution in [-0.4, -0.2) is 26.5 Å². The Balaban J connectivity index is 2.24.